The molecule has 0 bridgehead atoms. The third-order valence-electron chi connectivity index (χ3n) is 5.36. The van der Waals surface area contributed by atoms with Gasteiger partial charge in [0.25, 0.3) is 0 Å². The van der Waals surface area contributed by atoms with Gasteiger partial charge in [-0.25, -0.2) is 19.5 Å². The van der Waals surface area contributed by atoms with Crippen molar-refractivity contribution < 1.29 is 0 Å². The molecule has 0 aliphatic rings. The smallest absolute Gasteiger partial charge is 0.168 e. The zero-order valence-corrected chi connectivity index (χ0v) is 19.1. The molecular weight excluding hydrogens is 414 g/mol. The molecule has 0 saturated heterocycles. The molecule has 0 radical (unpaired) electrons. The zero-order chi connectivity index (χ0) is 20.8. The molecule has 0 unspecified atom stereocenters. The van der Waals surface area contributed by atoms with Crippen LogP contribution in [0.2, 0.25) is 0 Å². The first-order valence-electron chi connectivity index (χ1n) is 9.84. The normalized spacial score (nSPS) is 12.2. The van der Waals surface area contributed by atoms with Gasteiger partial charge >= 0.3 is 0 Å². The van der Waals surface area contributed by atoms with Crippen LogP contribution in [0.3, 0.4) is 0 Å². The van der Waals surface area contributed by atoms with E-state index < -0.39 is 0 Å². The zero-order valence-electron chi connectivity index (χ0n) is 17.5. The highest BCUT2D eigenvalue weighted by atomic mass is 32.2. The van der Waals surface area contributed by atoms with Crippen LogP contribution in [0.15, 0.2) is 34.9 Å². The van der Waals surface area contributed by atoms with Crippen molar-refractivity contribution in [2.75, 3.05) is 20.6 Å². The fraction of sp³-hybridized carbons (Fsp3) is 0.333. The lowest BCUT2D eigenvalue weighted by Gasteiger charge is -2.12. The molecule has 4 aromatic heterocycles. The second-order valence-electron chi connectivity index (χ2n) is 7.64. The molecule has 0 spiro atoms. The highest BCUT2D eigenvalue weighted by Gasteiger charge is 2.18. The van der Waals surface area contributed by atoms with Crippen molar-refractivity contribution in [1.29, 1.82) is 0 Å². The molecule has 0 fully saturated rings. The Morgan fingerprint density at radius 3 is 2.73 bits per heavy atom. The van der Waals surface area contributed by atoms with Crippen LogP contribution in [-0.2, 0) is 12.3 Å². The van der Waals surface area contributed by atoms with Gasteiger partial charge in [0.1, 0.15) is 12.0 Å². The molecule has 5 aromatic rings. The average Bonchev–Trinajstić information content (AvgIpc) is 3.39. The molecule has 154 valence electrons. The lowest BCUT2D eigenvalue weighted by atomic mass is 10.2. The first-order chi connectivity index (χ1) is 14.5. The van der Waals surface area contributed by atoms with Gasteiger partial charge in [0, 0.05) is 18.8 Å². The van der Waals surface area contributed by atoms with Gasteiger partial charge < -0.3 is 9.47 Å². The molecule has 4 heterocycles. The fourth-order valence-corrected chi connectivity index (χ4v) is 5.57. The molecule has 7 nitrogen and oxygen atoms in total. The minimum Gasteiger partial charge on any atom is -0.328 e. The number of hydrogen-bond donors (Lipinski definition) is 0. The summed E-state index contributed by atoms with van der Waals surface area (Å²) in [7, 11) is 4.18. The summed E-state index contributed by atoms with van der Waals surface area (Å²) in [5.74, 6) is 1.48. The van der Waals surface area contributed by atoms with E-state index in [9.17, 15) is 0 Å². The maximum atomic E-state index is 4.86. The van der Waals surface area contributed by atoms with E-state index in [4.69, 9.17) is 15.0 Å². The van der Waals surface area contributed by atoms with Crippen LogP contribution in [0, 0.1) is 13.8 Å². The van der Waals surface area contributed by atoms with Crippen LogP contribution in [0.1, 0.15) is 17.1 Å². The van der Waals surface area contributed by atoms with E-state index in [-0.39, 0.29) is 0 Å². The van der Waals surface area contributed by atoms with Gasteiger partial charge in [-0.15, -0.1) is 16.4 Å². The third-order valence-corrected chi connectivity index (χ3v) is 7.54. The first kappa shape index (κ1) is 19.5. The Morgan fingerprint density at radius 1 is 1.10 bits per heavy atom. The van der Waals surface area contributed by atoms with Crippen LogP contribution >= 0.6 is 23.1 Å². The van der Waals surface area contributed by atoms with Gasteiger partial charge in [-0.3, -0.25) is 0 Å². The largest absolute Gasteiger partial charge is 0.328 e. The van der Waals surface area contributed by atoms with E-state index in [1.54, 1.807) is 33.9 Å². The third kappa shape index (κ3) is 3.36. The summed E-state index contributed by atoms with van der Waals surface area (Å²) in [6.45, 7) is 6.17. The van der Waals surface area contributed by atoms with Crippen molar-refractivity contribution in [2.45, 2.75) is 30.5 Å². The highest BCUT2D eigenvalue weighted by molar-refractivity contribution is 8.00. The number of hydrogen-bond acceptors (Lipinski definition) is 7. The maximum absolute atomic E-state index is 4.86. The van der Waals surface area contributed by atoms with Gasteiger partial charge in [-0.2, -0.15) is 0 Å². The van der Waals surface area contributed by atoms with Gasteiger partial charge in [-0.1, -0.05) is 23.9 Å². The molecular formula is C21H23N7S2. The van der Waals surface area contributed by atoms with E-state index in [1.165, 1.54) is 16.0 Å². The second-order valence-corrected chi connectivity index (χ2v) is 9.89. The molecule has 0 aliphatic heterocycles. The van der Waals surface area contributed by atoms with E-state index in [2.05, 4.69) is 48.6 Å². The quantitative estimate of drug-likeness (QED) is 0.372. The number of nitrogens with zero attached hydrogens (tertiary/aromatic N) is 7. The molecule has 0 saturated carbocycles. The molecule has 0 amide bonds. The summed E-state index contributed by atoms with van der Waals surface area (Å²) >= 11 is 3.39. The number of thioether (sulfide) groups is 1. The van der Waals surface area contributed by atoms with Crippen molar-refractivity contribution in [3.05, 3.63) is 47.7 Å². The first-order valence-corrected chi connectivity index (χ1v) is 11.6. The van der Waals surface area contributed by atoms with Crippen LogP contribution in [0.25, 0.3) is 26.9 Å². The van der Waals surface area contributed by atoms with Crippen molar-refractivity contribution in [3.63, 3.8) is 0 Å². The van der Waals surface area contributed by atoms with Crippen molar-refractivity contribution >= 4 is 50.0 Å². The number of likely N-dealkylation sites (N-methyl/N-ethyl adjacent to an activating group) is 1. The van der Waals surface area contributed by atoms with Crippen molar-refractivity contribution in [1.82, 2.24) is 34.0 Å². The van der Waals surface area contributed by atoms with Crippen LogP contribution < -0.4 is 0 Å². The van der Waals surface area contributed by atoms with Gasteiger partial charge in [-0.05, 0) is 45.6 Å². The van der Waals surface area contributed by atoms with E-state index in [1.807, 2.05) is 18.2 Å². The Bertz CT molecular complexity index is 1330. The second kappa shape index (κ2) is 7.64. The van der Waals surface area contributed by atoms with E-state index in [0.717, 1.165) is 45.5 Å². The summed E-state index contributed by atoms with van der Waals surface area (Å²) in [5.41, 5.74) is 5.37. The summed E-state index contributed by atoms with van der Waals surface area (Å²) in [6.07, 6.45) is 1.78. The summed E-state index contributed by atoms with van der Waals surface area (Å²) in [5, 5.41) is 5.76. The number of aromatic nitrogens is 6. The van der Waals surface area contributed by atoms with Gasteiger partial charge in [0.15, 0.2) is 15.8 Å². The molecule has 0 N–H and O–H groups in total. The predicted molar refractivity (Wildman–Crippen MR) is 123 cm³/mol. The van der Waals surface area contributed by atoms with E-state index in [0.29, 0.717) is 5.75 Å². The lowest BCUT2D eigenvalue weighted by molar-refractivity contribution is 0.384. The Hall–Kier alpha value is -2.49. The van der Waals surface area contributed by atoms with Crippen molar-refractivity contribution in [3.8, 4) is 0 Å². The van der Waals surface area contributed by atoms with Crippen LogP contribution in [0.5, 0.6) is 0 Å². The predicted octanol–water partition coefficient (Wildman–Crippen LogP) is 4.16. The number of benzene rings is 1. The molecule has 9 heteroatoms. The number of fused-ring (bicyclic) bond motifs is 4. The van der Waals surface area contributed by atoms with Crippen LogP contribution in [0.4, 0.5) is 0 Å². The molecule has 1 aromatic carbocycles. The summed E-state index contributed by atoms with van der Waals surface area (Å²) in [4.78, 5) is 16.5. The molecule has 0 aliphatic carbocycles. The Labute approximate surface area is 182 Å². The number of rotatable bonds is 6. The van der Waals surface area contributed by atoms with Crippen LogP contribution in [-0.4, -0.2) is 54.7 Å². The SMILES string of the molecule is Cc1c(C)n(CCN(C)C)c2ncn3nc(CSc4nc5ccccc5s4)nc3c12. The average molecular weight is 438 g/mol. The monoisotopic (exact) mass is 437 g/mol. The Kier molecular flexibility index (Phi) is 4.96. The summed E-state index contributed by atoms with van der Waals surface area (Å²) < 4.78 is 6.34. The number of aryl methyl sites for hydroxylation is 1. The van der Waals surface area contributed by atoms with Gasteiger partial charge in [0.05, 0.1) is 21.4 Å². The van der Waals surface area contributed by atoms with Crippen molar-refractivity contribution in [2.24, 2.45) is 0 Å². The van der Waals surface area contributed by atoms with E-state index >= 15 is 0 Å². The summed E-state index contributed by atoms with van der Waals surface area (Å²) in [6, 6.07) is 8.22. The highest BCUT2D eigenvalue weighted by Crippen LogP contribution is 2.31. The standard InChI is InChI=1S/C21H23N7S2/c1-13-14(2)27(10-9-26(3)4)19-18(13)20-24-17(25-28(20)12-22-19)11-29-21-23-15-7-5-6-8-16(15)30-21/h5-8,12H,9-11H2,1-4H3. The topological polar surface area (TPSA) is 64.1 Å². The Morgan fingerprint density at radius 2 is 1.93 bits per heavy atom. The number of thiazole rings is 1. The maximum Gasteiger partial charge on any atom is 0.168 e. The molecule has 5 rings (SSSR count). The lowest BCUT2D eigenvalue weighted by Crippen LogP contribution is -2.19. The fourth-order valence-electron chi connectivity index (χ4n) is 3.65. The Balaban J connectivity index is 1.47. The van der Waals surface area contributed by atoms with Gasteiger partial charge in [0.2, 0.25) is 0 Å². The number of para-hydroxylation sites is 1. The minimum atomic E-state index is 0.683. The molecule has 0 atom stereocenters. The molecule has 30 heavy (non-hydrogen) atoms. The minimum absolute atomic E-state index is 0.683.